The lowest BCUT2D eigenvalue weighted by Crippen LogP contribution is -2.20. The van der Waals surface area contributed by atoms with E-state index < -0.39 is 0 Å². The summed E-state index contributed by atoms with van der Waals surface area (Å²) in [7, 11) is 1.64. The lowest BCUT2D eigenvalue weighted by Gasteiger charge is -2.14. The Hall–Kier alpha value is -2.79. The van der Waals surface area contributed by atoms with Crippen LogP contribution in [0.15, 0.2) is 59.5 Å². The molecular formula is C22H24N2O3. The largest absolute Gasteiger partial charge is 0.497 e. The zero-order chi connectivity index (χ0) is 18.8. The van der Waals surface area contributed by atoms with E-state index in [0.717, 1.165) is 41.7 Å². The maximum absolute atomic E-state index is 12.8. The van der Waals surface area contributed by atoms with E-state index in [1.807, 2.05) is 54.7 Å². The molecule has 1 aromatic heterocycles. The highest BCUT2D eigenvalue weighted by Crippen LogP contribution is 2.25. The Balaban J connectivity index is 1.56. The molecular weight excluding hydrogens is 340 g/mol. The van der Waals surface area contributed by atoms with Crippen molar-refractivity contribution in [2.24, 2.45) is 5.73 Å². The number of aromatic nitrogens is 1. The average Bonchev–Trinajstić information content (AvgIpc) is 3.09. The van der Waals surface area contributed by atoms with Crippen molar-refractivity contribution in [1.82, 2.24) is 4.57 Å². The summed E-state index contributed by atoms with van der Waals surface area (Å²) in [6.07, 6.45) is 4.90. The van der Waals surface area contributed by atoms with Crippen LogP contribution >= 0.6 is 0 Å². The minimum Gasteiger partial charge on any atom is -0.497 e. The molecule has 0 bridgehead atoms. The van der Waals surface area contributed by atoms with Crippen LogP contribution in [0.5, 0.6) is 11.5 Å². The van der Waals surface area contributed by atoms with E-state index in [0.29, 0.717) is 11.9 Å². The van der Waals surface area contributed by atoms with E-state index >= 15 is 0 Å². The van der Waals surface area contributed by atoms with Gasteiger partial charge in [0.1, 0.15) is 17.6 Å². The smallest absolute Gasteiger partial charge is 0.258 e. The Morgan fingerprint density at radius 1 is 1.07 bits per heavy atom. The summed E-state index contributed by atoms with van der Waals surface area (Å²) in [5.41, 5.74) is 7.00. The molecule has 1 saturated carbocycles. The maximum atomic E-state index is 12.8. The van der Waals surface area contributed by atoms with Crippen LogP contribution in [-0.4, -0.2) is 23.8 Å². The van der Waals surface area contributed by atoms with Gasteiger partial charge in [-0.3, -0.25) is 4.79 Å². The van der Waals surface area contributed by atoms with E-state index in [2.05, 4.69) is 0 Å². The molecule has 0 amide bonds. The number of methoxy groups -OCH3 is 1. The molecule has 0 saturated heterocycles. The number of nitrogens with zero attached hydrogens (tertiary/aromatic N) is 1. The number of pyridine rings is 1. The summed E-state index contributed by atoms with van der Waals surface area (Å²) in [5, 5.41) is 1.59. The van der Waals surface area contributed by atoms with Crippen molar-refractivity contribution in [3.8, 4) is 11.5 Å². The first-order valence-corrected chi connectivity index (χ1v) is 9.31. The van der Waals surface area contributed by atoms with Crippen LogP contribution in [0.1, 0.15) is 24.8 Å². The molecule has 3 aromatic rings. The number of ether oxygens (including phenoxy) is 2. The Labute approximate surface area is 158 Å². The molecule has 5 heteroatoms. The van der Waals surface area contributed by atoms with E-state index in [-0.39, 0.29) is 17.7 Å². The van der Waals surface area contributed by atoms with E-state index in [1.165, 1.54) is 0 Å². The summed E-state index contributed by atoms with van der Waals surface area (Å²) in [6, 6.07) is 15.6. The molecule has 1 fully saturated rings. The average molecular weight is 364 g/mol. The molecule has 4 rings (SSSR count). The monoisotopic (exact) mass is 364 g/mol. The van der Waals surface area contributed by atoms with Crippen LogP contribution in [-0.2, 0) is 6.54 Å². The Bertz CT molecular complexity index is 995. The Morgan fingerprint density at radius 2 is 1.85 bits per heavy atom. The minimum atomic E-state index is -0.00208. The molecule has 5 nitrogen and oxygen atoms in total. The second-order valence-electron chi connectivity index (χ2n) is 7.16. The van der Waals surface area contributed by atoms with E-state index in [1.54, 1.807) is 11.7 Å². The molecule has 27 heavy (non-hydrogen) atoms. The minimum absolute atomic E-state index is 0.00208. The summed E-state index contributed by atoms with van der Waals surface area (Å²) in [5.74, 6) is 1.61. The van der Waals surface area contributed by atoms with Crippen molar-refractivity contribution in [3.63, 3.8) is 0 Å². The third-order valence-electron chi connectivity index (χ3n) is 5.19. The number of benzene rings is 2. The molecule has 0 aliphatic heterocycles. The SMILES string of the molecule is COc1ccc(Cn2ccc3cc(O[C@H]4CC[C@H](N)C4)ccc3c2=O)cc1. The lowest BCUT2D eigenvalue weighted by molar-refractivity contribution is 0.208. The second-order valence-corrected chi connectivity index (χ2v) is 7.16. The molecule has 1 heterocycles. The fourth-order valence-corrected chi connectivity index (χ4v) is 3.66. The van der Waals surface area contributed by atoms with Gasteiger partial charge in [0, 0.05) is 17.6 Å². The summed E-state index contributed by atoms with van der Waals surface area (Å²) in [4.78, 5) is 12.8. The third-order valence-corrected chi connectivity index (χ3v) is 5.19. The van der Waals surface area contributed by atoms with Gasteiger partial charge < -0.3 is 19.8 Å². The Kier molecular flexibility index (Phi) is 4.86. The fourth-order valence-electron chi connectivity index (χ4n) is 3.66. The van der Waals surface area contributed by atoms with Crippen LogP contribution in [0.25, 0.3) is 10.8 Å². The lowest BCUT2D eigenvalue weighted by atomic mass is 10.1. The van der Waals surface area contributed by atoms with Crippen molar-refractivity contribution in [1.29, 1.82) is 0 Å². The zero-order valence-corrected chi connectivity index (χ0v) is 15.4. The van der Waals surface area contributed by atoms with Gasteiger partial charge in [0.25, 0.3) is 5.56 Å². The van der Waals surface area contributed by atoms with Gasteiger partial charge in [-0.1, -0.05) is 12.1 Å². The maximum Gasteiger partial charge on any atom is 0.258 e. The molecule has 2 atom stereocenters. The van der Waals surface area contributed by atoms with Crippen LogP contribution < -0.4 is 20.8 Å². The van der Waals surface area contributed by atoms with Crippen LogP contribution in [0.2, 0.25) is 0 Å². The molecule has 140 valence electrons. The highest BCUT2D eigenvalue weighted by molar-refractivity contribution is 5.82. The second kappa shape index (κ2) is 7.45. The molecule has 0 radical (unpaired) electrons. The zero-order valence-electron chi connectivity index (χ0n) is 15.4. The van der Waals surface area contributed by atoms with Gasteiger partial charge in [-0.2, -0.15) is 0 Å². The third kappa shape index (κ3) is 3.83. The fraction of sp³-hybridized carbons (Fsp3) is 0.318. The van der Waals surface area contributed by atoms with Gasteiger partial charge in [0.2, 0.25) is 0 Å². The first-order chi connectivity index (χ1) is 13.1. The first kappa shape index (κ1) is 17.6. The van der Waals surface area contributed by atoms with Gasteiger partial charge >= 0.3 is 0 Å². The number of rotatable bonds is 5. The van der Waals surface area contributed by atoms with Crippen molar-refractivity contribution in [2.75, 3.05) is 7.11 Å². The highest BCUT2D eigenvalue weighted by atomic mass is 16.5. The topological polar surface area (TPSA) is 66.5 Å². The van der Waals surface area contributed by atoms with Crippen LogP contribution in [0.3, 0.4) is 0 Å². The van der Waals surface area contributed by atoms with E-state index in [9.17, 15) is 4.79 Å². The van der Waals surface area contributed by atoms with Crippen molar-refractivity contribution in [2.45, 2.75) is 38.0 Å². The highest BCUT2D eigenvalue weighted by Gasteiger charge is 2.23. The predicted octanol–water partition coefficient (Wildman–Crippen LogP) is 3.32. The summed E-state index contributed by atoms with van der Waals surface area (Å²) in [6.45, 7) is 0.525. The van der Waals surface area contributed by atoms with Crippen molar-refractivity contribution >= 4 is 10.8 Å². The molecule has 0 unspecified atom stereocenters. The number of hydrogen-bond donors (Lipinski definition) is 1. The summed E-state index contributed by atoms with van der Waals surface area (Å²) >= 11 is 0. The molecule has 0 spiro atoms. The van der Waals surface area contributed by atoms with Crippen LogP contribution in [0, 0.1) is 0 Å². The molecule has 2 N–H and O–H groups in total. The van der Waals surface area contributed by atoms with Crippen molar-refractivity contribution in [3.05, 3.63) is 70.6 Å². The number of fused-ring (bicyclic) bond motifs is 1. The van der Waals surface area contributed by atoms with Gasteiger partial charge in [0.15, 0.2) is 0 Å². The quantitative estimate of drug-likeness (QED) is 0.754. The molecule has 1 aliphatic carbocycles. The Morgan fingerprint density at radius 3 is 2.56 bits per heavy atom. The number of nitrogens with two attached hydrogens (primary N) is 1. The van der Waals surface area contributed by atoms with Crippen molar-refractivity contribution < 1.29 is 9.47 Å². The van der Waals surface area contributed by atoms with E-state index in [4.69, 9.17) is 15.2 Å². The molecule has 1 aliphatic rings. The summed E-state index contributed by atoms with van der Waals surface area (Å²) < 4.78 is 12.9. The molecule has 2 aromatic carbocycles. The van der Waals surface area contributed by atoms with Crippen LogP contribution in [0.4, 0.5) is 0 Å². The first-order valence-electron chi connectivity index (χ1n) is 9.31. The normalized spacial score (nSPS) is 19.3. The van der Waals surface area contributed by atoms with Gasteiger partial charge in [-0.15, -0.1) is 0 Å². The van der Waals surface area contributed by atoms with Gasteiger partial charge in [0.05, 0.1) is 13.7 Å². The standard InChI is InChI=1S/C22H24N2O3/c1-26-18-5-2-15(3-6-18)14-24-11-10-16-12-19(8-9-21(16)22(24)25)27-20-7-4-17(23)13-20/h2-3,5-6,8-12,17,20H,4,7,13-14,23H2,1H3/t17-,20-/m0/s1. The van der Waals surface area contributed by atoms with Gasteiger partial charge in [-0.05, 0) is 66.6 Å². The van der Waals surface area contributed by atoms with Gasteiger partial charge in [-0.25, -0.2) is 0 Å². The number of hydrogen-bond acceptors (Lipinski definition) is 4. The predicted molar refractivity (Wildman–Crippen MR) is 107 cm³/mol.